The van der Waals surface area contributed by atoms with E-state index in [0.717, 1.165) is 65.1 Å². The predicted molar refractivity (Wildman–Crippen MR) is 162 cm³/mol. The van der Waals surface area contributed by atoms with Crippen molar-refractivity contribution < 1.29 is 4.74 Å². The number of fused-ring (bicyclic) bond motifs is 3. The van der Waals surface area contributed by atoms with Gasteiger partial charge in [0.05, 0.1) is 12.8 Å². The summed E-state index contributed by atoms with van der Waals surface area (Å²) < 4.78 is 7.69. The Morgan fingerprint density at radius 2 is 1.48 bits per heavy atom. The molecule has 40 heavy (non-hydrogen) atoms. The van der Waals surface area contributed by atoms with Crippen LogP contribution in [0.3, 0.4) is 0 Å². The molecule has 198 valence electrons. The highest BCUT2D eigenvalue weighted by atomic mass is 32.1. The van der Waals surface area contributed by atoms with E-state index < -0.39 is 0 Å². The van der Waals surface area contributed by atoms with E-state index in [-0.39, 0.29) is 5.56 Å². The van der Waals surface area contributed by atoms with E-state index in [0.29, 0.717) is 21.0 Å². The van der Waals surface area contributed by atoms with Crippen molar-refractivity contribution in [2.45, 2.75) is 19.3 Å². The third-order valence-corrected chi connectivity index (χ3v) is 8.53. The lowest BCUT2D eigenvalue weighted by Crippen LogP contribution is -2.35. The van der Waals surface area contributed by atoms with Crippen LogP contribution in [0.1, 0.15) is 19.3 Å². The fourth-order valence-corrected chi connectivity index (χ4v) is 6.52. The molecule has 0 N–H and O–H groups in total. The maximum absolute atomic E-state index is 14.3. The summed E-state index contributed by atoms with van der Waals surface area (Å²) in [5.41, 5.74) is 5.05. The molecule has 0 radical (unpaired) electrons. The molecule has 0 saturated carbocycles. The summed E-state index contributed by atoms with van der Waals surface area (Å²) in [7, 11) is 1.64. The van der Waals surface area contributed by atoms with Crippen LogP contribution >= 0.6 is 11.3 Å². The van der Waals surface area contributed by atoms with Crippen LogP contribution in [0.4, 0.5) is 5.95 Å². The number of hydrogen-bond donors (Lipinski definition) is 0. The molecular formula is C32H27N5O2S. The molecular weight excluding hydrogens is 518 g/mol. The van der Waals surface area contributed by atoms with E-state index in [4.69, 9.17) is 9.72 Å². The lowest BCUT2D eigenvalue weighted by atomic mass is 9.97. The molecule has 0 amide bonds. The smallest absolute Gasteiger partial charge is 0.277 e. The molecule has 3 aromatic heterocycles. The molecule has 6 aromatic rings. The van der Waals surface area contributed by atoms with Crippen molar-refractivity contribution in [3.05, 3.63) is 95.3 Å². The van der Waals surface area contributed by atoms with E-state index in [1.807, 2.05) is 72.8 Å². The first-order valence-electron chi connectivity index (χ1n) is 13.5. The summed E-state index contributed by atoms with van der Waals surface area (Å²) in [5, 5.41) is 10.2. The number of aromatic nitrogens is 4. The maximum Gasteiger partial charge on any atom is 0.277 e. The van der Waals surface area contributed by atoms with Gasteiger partial charge in [-0.1, -0.05) is 60.7 Å². The number of methoxy groups -OCH3 is 1. The van der Waals surface area contributed by atoms with Gasteiger partial charge in [-0.2, -0.15) is 0 Å². The van der Waals surface area contributed by atoms with Gasteiger partial charge in [-0.15, -0.1) is 21.5 Å². The SMILES string of the molecule is COc1ccc(-n2c(N3CCCCC3)nc3c(sc4nnc(-c5ccccc5)c(-c5ccccc5)c43)c2=O)cc1. The van der Waals surface area contributed by atoms with Gasteiger partial charge in [-0.3, -0.25) is 4.79 Å². The standard InChI is InChI=1S/C32H27N5O2S/c1-39-24-17-15-23(16-18-24)37-31(38)29-28(33-32(37)36-19-9-4-10-20-36)26-25(21-11-5-2-6-12-21)27(34-35-30(26)40-29)22-13-7-3-8-14-22/h2-3,5-8,11-18H,4,9-10,19-20H2,1H3. The van der Waals surface area contributed by atoms with E-state index >= 15 is 0 Å². The van der Waals surface area contributed by atoms with Crippen LogP contribution in [0.25, 0.3) is 48.5 Å². The summed E-state index contributed by atoms with van der Waals surface area (Å²) in [4.78, 5) is 22.6. The van der Waals surface area contributed by atoms with Gasteiger partial charge in [0, 0.05) is 29.6 Å². The van der Waals surface area contributed by atoms with Crippen LogP contribution in [-0.4, -0.2) is 39.9 Å². The van der Waals surface area contributed by atoms with Gasteiger partial charge in [0.2, 0.25) is 5.95 Å². The average Bonchev–Trinajstić information content (AvgIpc) is 3.41. The number of piperidine rings is 1. The van der Waals surface area contributed by atoms with Crippen LogP contribution in [0.5, 0.6) is 5.75 Å². The highest BCUT2D eigenvalue weighted by molar-refractivity contribution is 7.25. The quantitative estimate of drug-likeness (QED) is 0.239. The second-order valence-electron chi connectivity index (χ2n) is 9.91. The lowest BCUT2D eigenvalue weighted by molar-refractivity contribution is 0.414. The first kappa shape index (κ1) is 24.5. The molecule has 1 fully saturated rings. The van der Waals surface area contributed by atoms with Crippen molar-refractivity contribution in [2.75, 3.05) is 25.1 Å². The summed E-state index contributed by atoms with van der Waals surface area (Å²) in [6.07, 6.45) is 3.32. The summed E-state index contributed by atoms with van der Waals surface area (Å²) in [5.74, 6) is 1.41. The molecule has 0 aliphatic carbocycles. The number of rotatable bonds is 5. The van der Waals surface area contributed by atoms with Crippen molar-refractivity contribution >= 4 is 37.7 Å². The summed E-state index contributed by atoms with van der Waals surface area (Å²) >= 11 is 1.36. The zero-order chi connectivity index (χ0) is 27.1. The Morgan fingerprint density at radius 1 is 0.800 bits per heavy atom. The van der Waals surface area contributed by atoms with Gasteiger partial charge in [-0.25, -0.2) is 9.55 Å². The molecule has 4 heterocycles. The van der Waals surface area contributed by atoms with Crippen LogP contribution in [0, 0.1) is 0 Å². The Balaban J connectivity index is 1.58. The number of nitrogens with zero attached hydrogens (tertiary/aromatic N) is 5. The molecule has 0 unspecified atom stereocenters. The minimum atomic E-state index is -0.0981. The summed E-state index contributed by atoms with van der Waals surface area (Å²) in [6, 6.07) is 27.9. The normalized spacial score (nSPS) is 13.7. The second-order valence-corrected chi connectivity index (χ2v) is 10.9. The van der Waals surface area contributed by atoms with Gasteiger partial charge in [-0.05, 0) is 49.1 Å². The number of ether oxygens (including phenoxy) is 1. The lowest BCUT2D eigenvalue weighted by Gasteiger charge is -2.29. The Hall–Kier alpha value is -4.56. The molecule has 8 heteroatoms. The Morgan fingerprint density at radius 3 is 2.15 bits per heavy atom. The molecule has 0 atom stereocenters. The fourth-order valence-electron chi connectivity index (χ4n) is 5.52. The zero-order valence-corrected chi connectivity index (χ0v) is 22.9. The Labute approximate surface area is 235 Å². The Kier molecular flexibility index (Phi) is 6.24. The number of hydrogen-bond acceptors (Lipinski definition) is 7. The number of anilines is 1. The Bertz CT molecular complexity index is 1880. The van der Waals surface area contributed by atoms with Gasteiger partial charge < -0.3 is 9.64 Å². The van der Waals surface area contributed by atoms with Gasteiger partial charge in [0.1, 0.15) is 26.5 Å². The number of benzene rings is 3. The first-order chi connectivity index (χ1) is 19.7. The van der Waals surface area contributed by atoms with Crippen LogP contribution in [0.2, 0.25) is 0 Å². The first-order valence-corrected chi connectivity index (χ1v) is 14.3. The third kappa shape index (κ3) is 4.12. The third-order valence-electron chi connectivity index (χ3n) is 7.48. The van der Waals surface area contributed by atoms with Crippen molar-refractivity contribution in [1.29, 1.82) is 0 Å². The molecule has 0 spiro atoms. The van der Waals surface area contributed by atoms with E-state index in [2.05, 4.69) is 27.2 Å². The molecule has 1 aliphatic heterocycles. The van der Waals surface area contributed by atoms with Gasteiger partial charge in [0.15, 0.2) is 0 Å². The average molecular weight is 546 g/mol. The highest BCUT2D eigenvalue weighted by Crippen LogP contribution is 2.42. The van der Waals surface area contributed by atoms with Crippen LogP contribution in [0.15, 0.2) is 89.7 Å². The minimum absolute atomic E-state index is 0.0981. The highest BCUT2D eigenvalue weighted by Gasteiger charge is 2.26. The zero-order valence-electron chi connectivity index (χ0n) is 22.1. The maximum atomic E-state index is 14.3. The van der Waals surface area contributed by atoms with E-state index in [1.54, 1.807) is 11.7 Å². The summed E-state index contributed by atoms with van der Waals surface area (Å²) in [6.45, 7) is 1.72. The van der Waals surface area contributed by atoms with Crippen molar-refractivity contribution in [3.63, 3.8) is 0 Å². The van der Waals surface area contributed by atoms with Crippen molar-refractivity contribution in [2.24, 2.45) is 0 Å². The van der Waals surface area contributed by atoms with Crippen molar-refractivity contribution in [3.8, 4) is 33.8 Å². The van der Waals surface area contributed by atoms with Gasteiger partial charge >= 0.3 is 0 Å². The molecule has 1 aliphatic rings. The number of thiophene rings is 1. The largest absolute Gasteiger partial charge is 0.497 e. The molecule has 1 saturated heterocycles. The van der Waals surface area contributed by atoms with E-state index in [1.165, 1.54) is 17.8 Å². The molecule has 7 rings (SSSR count). The predicted octanol–water partition coefficient (Wildman–Crippen LogP) is 6.72. The van der Waals surface area contributed by atoms with Crippen LogP contribution in [-0.2, 0) is 0 Å². The van der Waals surface area contributed by atoms with E-state index in [9.17, 15) is 4.79 Å². The van der Waals surface area contributed by atoms with Gasteiger partial charge in [0.25, 0.3) is 5.56 Å². The molecule has 3 aromatic carbocycles. The van der Waals surface area contributed by atoms with Crippen LogP contribution < -0.4 is 15.2 Å². The molecule has 7 nitrogen and oxygen atoms in total. The van der Waals surface area contributed by atoms with Crippen molar-refractivity contribution in [1.82, 2.24) is 19.7 Å². The monoisotopic (exact) mass is 545 g/mol. The second kappa shape index (κ2) is 10.2. The minimum Gasteiger partial charge on any atom is -0.497 e. The topological polar surface area (TPSA) is 73.1 Å². The molecule has 0 bridgehead atoms. The fraction of sp³-hybridized carbons (Fsp3) is 0.188.